The predicted molar refractivity (Wildman–Crippen MR) is 115 cm³/mol. The monoisotopic (exact) mass is 411 g/mol. The molecule has 1 saturated carbocycles. The van der Waals surface area contributed by atoms with Gasteiger partial charge in [0.15, 0.2) is 5.16 Å². The smallest absolute Gasteiger partial charge is 0.263 e. The third-order valence-electron chi connectivity index (χ3n) is 5.39. The van der Waals surface area contributed by atoms with Crippen LogP contribution in [0, 0.1) is 0 Å². The zero-order chi connectivity index (χ0) is 20.4. The largest absolute Gasteiger partial charge is 0.352 e. The van der Waals surface area contributed by atoms with Gasteiger partial charge in [0.05, 0.1) is 16.2 Å². The number of hydrogen-bond acceptors (Lipinski definition) is 5. The zero-order valence-electron chi connectivity index (χ0n) is 16.5. The van der Waals surface area contributed by atoms with E-state index in [0.29, 0.717) is 22.9 Å². The van der Waals surface area contributed by atoms with Crippen LogP contribution in [-0.4, -0.2) is 36.4 Å². The van der Waals surface area contributed by atoms with Crippen molar-refractivity contribution in [2.24, 2.45) is 0 Å². The lowest BCUT2D eigenvalue weighted by Crippen LogP contribution is -2.40. The van der Waals surface area contributed by atoms with Crippen LogP contribution in [0.15, 0.2) is 46.9 Å². The van der Waals surface area contributed by atoms with Gasteiger partial charge in [-0.2, -0.15) is 0 Å². The third kappa shape index (κ3) is 3.81. The van der Waals surface area contributed by atoms with E-state index in [1.54, 1.807) is 16.7 Å². The highest BCUT2D eigenvalue weighted by Crippen LogP contribution is 2.26. The normalized spacial score (nSPS) is 16.2. The zero-order valence-corrected chi connectivity index (χ0v) is 17.3. The summed E-state index contributed by atoms with van der Waals surface area (Å²) < 4.78 is 3.41. The van der Waals surface area contributed by atoms with Gasteiger partial charge < -0.3 is 5.32 Å². The van der Waals surface area contributed by atoms with E-state index in [0.717, 1.165) is 18.4 Å². The van der Waals surface area contributed by atoms with E-state index in [-0.39, 0.29) is 22.8 Å². The summed E-state index contributed by atoms with van der Waals surface area (Å²) in [5.41, 5.74) is 0.611. The highest BCUT2D eigenvalue weighted by Gasteiger charge is 2.23. The van der Waals surface area contributed by atoms with Gasteiger partial charge in [-0.15, -0.1) is 16.8 Å². The van der Waals surface area contributed by atoms with Gasteiger partial charge in [-0.25, -0.2) is 0 Å². The second-order valence-corrected chi connectivity index (χ2v) is 8.75. The van der Waals surface area contributed by atoms with Crippen molar-refractivity contribution in [3.8, 4) is 0 Å². The second-order valence-electron chi connectivity index (χ2n) is 7.44. The topological polar surface area (TPSA) is 81.3 Å². The number of benzene rings is 1. The number of nitrogens with zero attached hydrogens (tertiary/aromatic N) is 4. The first kappa shape index (κ1) is 19.7. The summed E-state index contributed by atoms with van der Waals surface area (Å²) in [6, 6.07) is 7.66. The van der Waals surface area contributed by atoms with Gasteiger partial charge in [0.1, 0.15) is 0 Å². The maximum Gasteiger partial charge on any atom is 0.263 e. The molecule has 8 heteroatoms. The van der Waals surface area contributed by atoms with Crippen LogP contribution in [-0.2, 0) is 11.3 Å². The number of carbonyl (C=O) groups is 1. The van der Waals surface area contributed by atoms with Crippen molar-refractivity contribution in [2.45, 2.75) is 62.0 Å². The Morgan fingerprint density at radius 2 is 2.07 bits per heavy atom. The summed E-state index contributed by atoms with van der Waals surface area (Å²) in [5.74, 6) is 0.471. The summed E-state index contributed by atoms with van der Waals surface area (Å²) in [7, 11) is 0. The van der Waals surface area contributed by atoms with Crippen LogP contribution in [0.1, 0.15) is 39.0 Å². The molecule has 1 N–H and O–H groups in total. The number of aromatic nitrogens is 4. The molecule has 1 fully saturated rings. The number of amides is 1. The summed E-state index contributed by atoms with van der Waals surface area (Å²) in [5, 5.41) is 12.6. The van der Waals surface area contributed by atoms with Crippen molar-refractivity contribution in [3.63, 3.8) is 0 Å². The summed E-state index contributed by atoms with van der Waals surface area (Å²) in [6.07, 6.45) is 7.37. The molecule has 4 rings (SSSR count). The van der Waals surface area contributed by atoms with E-state index >= 15 is 0 Å². The molecular formula is C21H25N5O2S. The lowest BCUT2D eigenvalue weighted by Gasteiger charge is -2.24. The summed E-state index contributed by atoms with van der Waals surface area (Å²) in [4.78, 5) is 25.6. The van der Waals surface area contributed by atoms with Crippen molar-refractivity contribution < 1.29 is 4.79 Å². The number of rotatable bonds is 6. The van der Waals surface area contributed by atoms with Crippen LogP contribution >= 0.6 is 11.8 Å². The first-order valence-electron chi connectivity index (χ1n) is 10.0. The molecule has 7 nitrogen and oxygen atoms in total. The van der Waals surface area contributed by atoms with Gasteiger partial charge in [-0.05, 0) is 31.9 Å². The molecule has 29 heavy (non-hydrogen) atoms. The first-order chi connectivity index (χ1) is 14.1. The van der Waals surface area contributed by atoms with E-state index in [9.17, 15) is 9.59 Å². The first-order valence-corrected chi connectivity index (χ1v) is 10.9. The molecule has 0 radical (unpaired) electrons. The molecule has 2 aromatic heterocycles. The molecule has 1 aliphatic carbocycles. The maximum atomic E-state index is 12.9. The van der Waals surface area contributed by atoms with Crippen LogP contribution in [0.25, 0.3) is 16.7 Å². The number of para-hydroxylation sites is 1. The molecule has 3 aromatic rings. The standard InChI is InChI=1S/C21H25N5O2S/c1-3-13-25-19(28)16-11-7-8-12-17(16)26-20(25)23-24-21(26)29-14(2)18(27)22-15-9-5-4-6-10-15/h3,7-8,11-12,14-15H,1,4-6,9-10,13H2,2H3,(H,22,27)/t14-/m0/s1. The Morgan fingerprint density at radius 3 is 2.83 bits per heavy atom. The van der Waals surface area contributed by atoms with Crippen LogP contribution < -0.4 is 10.9 Å². The average molecular weight is 412 g/mol. The molecule has 1 amide bonds. The Balaban J connectivity index is 1.68. The lowest BCUT2D eigenvalue weighted by molar-refractivity contribution is -0.121. The SMILES string of the molecule is C=CCn1c(=O)c2ccccc2n2c(S[C@@H](C)C(=O)NC3CCCCC3)nnc12. The highest BCUT2D eigenvalue weighted by molar-refractivity contribution is 8.00. The molecular weight excluding hydrogens is 386 g/mol. The van der Waals surface area contributed by atoms with Gasteiger partial charge in [0.25, 0.3) is 5.56 Å². The van der Waals surface area contributed by atoms with E-state index < -0.39 is 0 Å². The van der Waals surface area contributed by atoms with Crippen molar-refractivity contribution in [1.29, 1.82) is 0 Å². The molecule has 1 atom stereocenters. The van der Waals surface area contributed by atoms with Crippen LogP contribution in [0.4, 0.5) is 0 Å². The number of thioether (sulfide) groups is 1. The molecule has 0 aliphatic heterocycles. The molecule has 0 unspecified atom stereocenters. The molecule has 2 heterocycles. The Hall–Kier alpha value is -2.61. The Kier molecular flexibility index (Phi) is 5.71. The van der Waals surface area contributed by atoms with Crippen molar-refractivity contribution in [3.05, 3.63) is 47.3 Å². The summed E-state index contributed by atoms with van der Waals surface area (Å²) in [6.45, 7) is 5.96. The van der Waals surface area contributed by atoms with Gasteiger partial charge in [-0.1, -0.05) is 49.2 Å². The average Bonchev–Trinajstić information content (AvgIpc) is 3.15. The van der Waals surface area contributed by atoms with E-state index in [1.807, 2.05) is 29.5 Å². The number of allylic oxidation sites excluding steroid dienone is 1. The number of hydrogen-bond donors (Lipinski definition) is 1. The number of fused-ring (bicyclic) bond motifs is 3. The number of nitrogens with one attached hydrogen (secondary N) is 1. The quantitative estimate of drug-likeness (QED) is 0.498. The fraction of sp³-hybridized carbons (Fsp3) is 0.429. The second kappa shape index (κ2) is 8.41. The Bertz CT molecular complexity index is 1110. The molecule has 152 valence electrons. The van der Waals surface area contributed by atoms with Gasteiger partial charge in [0.2, 0.25) is 11.7 Å². The molecule has 0 spiro atoms. The van der Waals surface area contributed by atoms with Gasteiger partial charge in [-0.3, -0.25) is 18.6 Å². The molecule has 1 aliphatic rings. The van der Waals surface area contributed by atoms with Crippen LogP contribution in [0.2, 0.25) is 0 Å². The molecule has 1 aromatic carbocycles. The van der Waals surface area contributed by atoms with Gasteiger partial charge in [0, 0.05) is 12.6 Å². The third-order valence-corrected chi connectivity index (χ3v) is 6.44. The predicted octanol–water partition coefficient (Wildman–Crippen LogP) is 3.16. The maximum absolute atomic E-state index is 12.9. The van der Waals surface area contributed by atoms with Crippen LogP contribution in [0.5, 0.6) is 0 Å². The van der Waals surface area contributed by atoms with Crippen molar-refractivity contribution in [2.75, 3.05) is 0 Å². The lowest BCUT2D eigenvalue weighted by atomic mass is 9.95. The minimum atomic E-state index is -0.317. The van der Waals surface area contributed by atoms with Crippen molar-refractivity contribution >= 4 is 34.3 Å². The Morgan fingerprint density at radius 1 is 1.31 bits per heavy atom. The highest BCUT2D eigenvalue weighted by atomic mass is 32.2. The fourth-order valence-corrected chi connectivity index (χ4v) is 4.75. The van der Waals surface area contributed by atoms with Gasteiger partial charge >= 0.3 is 0 Å². The van der Waals surface area contributed by atoms with E-state index in [1.165, 1.54) is 31.0 Å². The van der Waals surface area contributed by atoms with Crippen LogP contribution in [0.3, 0.4) is 0 Å². The Labute approximate surface area is 173 Å². The van der Waals surface area contributed by atoms with E-state index in [4.69, 9.17) is 0 Å². The fourth-order valence-electron chi connectivity index (χ4n) is 3.88. The molecule has 0 saturated heterocycles. The van der Waals surface area contributed by atoms with E-state index in [2.05, 4.69) is 22.1 Å². The minimum Gasteiger partial charge on any atom is -0.352 e. The summed E-state index contributed by atoms with van der Waals surface area (Å²) >= 11 is 1.36. The minimum absolute atomic E-state index is 0.0161. The van der Waals surface area contributed by atoms with Crippen molar-refractivity contribution in [1.82, 2.24) is 24.5 Å². The number of carbonyl (C=O) groups excluding carboxylic acids is 1. The molecule has 0 bridgehead atoms.